The van der Waals surface area contributed by atoms with Gasteiger partial charge in [0.05, 0.1) is 17.8 Å². The van der Waals surface area contributed by atoms with Crippen molar-refractivity contribution in [3.63, 3.8) is 0 Å². The lowest BCUT2D eigenvalue weighted by atomic mass is 10.1. The number of carbonyl (C=O) groups is 1. The minimum absolute atomic E-state index is 0.00411. The SMILES string of the molecule is Cc1ccc(N2CC[C@H]3[C@@H]2CC(=O)N3Cc2cc(F)cc(F)c2)nn1. The Bertz CT molecular complexity index is 791. The summed E-state index contributed by atoms with van der Waals surface area (Å²) in [5, 5.41) is 8.31. The summed E-state index contributed by atoms with van der Waals surface area (Å²) in [7, 11) is 0. The number of hydrogen-bond donors (Lipinski definition) is 0. The van der Waals surface area contributed by atoms with Gasteiger partial charge in [-0.3, -0.25) is 4.79 Å². The van der Waals surface area contributed by atoms with Crippen LogP contribution in [0, 0.1) is 18.6 Å². The van der Waals surface area contributed by atoms with Gasteiger partial charge < -0.3 is 9.80 Å². The van der Waals surface area contributed by atoms with Gasteiger partial charge in [-0.25, -0.2) is 8.78 Å². The molecule has 2 aliphatic heterocycles. The van der Waals surface area contributed by atoms with Crippen molar-refractivity contribution >= 4 is 11.7 Å². The highest BCUT2D eigenvalue weighted by Crippen LogP contribution is 2.35. The Hall–Kier alpha value is -2.57. The van der Waals surface area contributed by atoms with Crippen LogP contribution in [0.4, 0.5) is 14.6 Å². The highest BCUT2D eigenvalue weighted by Gasteiger charge is 2.47. The van der Waals surface area contributed by atoms with Crippen molar-refractivity contribution in [2.24, 2.45) is 0 Å². The molecule has 7 heteroatoms. The highest BCUT2D eigenvalue weighted by molar-refractivity contribution is 5.81. The number of halogens is 2. The molecule has 0 N–H and O–H groups in total. The summed E-state index contributed by atoms with van der Waals surface area (Å²) >= 11 is 0. The largest absolute Gasteiger partial charge is 0.349 e. The Morgan fingerprint density at radius 1 is 1.12 bits per heavy atom. The van der Waals surface area contributed by atoms with E-state index < -0.39 is 11.6 Å². The Labute approximate surface area is 144 Å². The van der Waals surface area contributed by atoms with Gasteiger partial charge >= 0.3 is 0 Å². The van der Waals surface area contributed by atoms with Crippen molar-refractivity contribution in [2.45, 2.75) is 38.4 Å². The number of amides is 1. The van der Waals surface area contributed by atoms with Gasteiger partial charge in [-0.15, -0.1) is 5.10 Å². The molecule has 4 rings (SSSR count). The number of hydrogen-bond acceptors (Lipinski definition) is 4. The molecule has 0 bridgehead atoms. The molecular weight excluding hydrogens is 326 g/mol. The Kier molecular flexibility index (Phi) is 3.86. The Morgan fingerprint density at radius 3 is 2.56 bits per heavy atom. The van der Waals surface area contributed by atoms with Crippen LogP contribution in [-0.2, 0) is 11.3 Å². The number of aromatic nitrogens is 2. The smallest absolute Gasteiger partial charge is 0.225 e. The lowest BCUT2D eigenvalue weighted by Gasteiger charge is -2.26. The van der Waals surface area contributed by atoms with Crippen LogP contribution in [0.25, 0.3) is 0 Å². The lowest BCUT2D eigenvalue weighted by molar-refractivity contribution is -0.129. The van der Waals surface area contributed by atoms with Crippen LogP contribution in [0.1, 0.15) is 24.1 Å². The van der Waals surface area contributed by atoms with Crippen LogP contribution >= 0.6 is 0 Å². The molecule has 0 unspecified atom stereocenters. The minimum Gasteiger partial charge on any atom is -0.349 e. The Morgan fingerprint density at radius 2 is 1.88 bits per heavy atom. The molecule has 2 atom stereocenters. The van der Waals surface area contributed by atoms with Gasteiger partial charge in [-0.2, -0.15) is 5.10 Å². The molecule has 2 fully saturated rings. The highest BCUT2D eigenvalue weighted by atomic mass is 19.1. The zero-order valence-electron chi connectivity index (χ0n) is 13.8. The van der Waals surface area contributed by atoms with Gasteiger partial charge in [0, 0.05) is 25.6 Å². The van der Waals surface area contributed by atoms with Crippen molar-refractivity contribution in [2.75, 3.05) is 11.4 Å². The van der Waals surface area contributed by atoms with Crippen LogP contribution in [-0.4, -0.2) is 39.6 Å². The maximum atomic E-state index is 13.4. The van der Waals surface area contributed by atoms with Gasteiger partial charge in [-0.05, 0) is 43.2 Å². The van der Waals surface area contributed by atoms with E-state index in [2.05, 4.69) is 15.1 Å². The first-order chi connectivity index (χ1) is 12.0. The number of fused-ring (bicyclic) bond motifs is 1. The molecule has 0 spiro atoms. The van der Waals surface area contributed by atoms with Crippen LogP contribution < -0.4 is 4.90 Å². The number of benzene rings is 1. The maximum Gasteiger partial charge on any atom is 0.225 e. The summed E-state index contributed by atoms with van der Waals surface area (Å²) in [5.41, 5.74) is 1.32. The molecular formula is C18H18F2N4O. The number of rotatable bonds is 3. The van der Waals surface area contributed by atoms with Gasteiger partial charge in [-0.1, -0.05) is 0 Å². The van der Waals surface area contributed by atoms with Gasteiger partial charge in [0.25, 0.3) is 0 Å². The predicted octanol–water partition coefficient (Wildman–Crippen LogP) is 2.44. The second kappa shape index (κ2) is 6.06. The van der Waals surface area contributed by atoms with Crippen LogP contribution in [0.3, 0.4) is 0 Å². The van der Waals surface area contributed by atoms with Crippen molar-refractivity contribution < 1.29 is 13.6 Å². The second-order valence-electron chi connectivity index (χ2n) is 6.65. The summed E-state index contributed by atoms with van der Waals surface area (Å²) in [6.07, 6.45) is 1.20. The average molecular weight is 344 g/mol. The quantitative estimate of drug-likeness (QED) is 0.858. The van der Waals surface area contributed by atoms with Crippen molar-refractivity contribution in [1.82, 2.24) is 15.1 Å². The Balaban J connectivity index is 1.55. The molecule has 1 aromatic carbocycles. The van der Waals surface area contributed by atoms with E-state index in [1.807, 2.05) is 19.1 Å². The number of likely N-dealkylation sites (tertiary alicyclic amines) is 1. The molecule has 2 aromatic rings. The molecule has 0 saturated carbocycles. The summed E-state index contributed by atoms with van der Waals surface area (Å²) < 4.78 is 26.8. The molecule has 130 valence electrons. The molecule has 5 nitrogen and oxygen atoms in total. The maximum absolute atomic E-state index is 13.4. The van der Waals surface area contributed by atoms with E-state index in [4.69, 9.17) is 0 Å². The van der Waals surface area contributed by atoms with Gasteiger partial charge in [0.2, 0.25) is 5.91 Å². The molecule has 2 aliphatic rings. The van der Waals surface area contributed by atoms with E-state index in [-0.39, 0.29) is 24.5 Å². The number of nitrogens with zero attached hydrogens (tertiary/aromatic N) is 4. The third-order valence-corrected chi connectivity index (χ3v) is 4.97. The third kappa shape index (κ3) is 2.94. The van der Waals surface area contributed by atoms with E-state index in [9.17, 15) is 13.6 Å². The third-order valence-electron chi connectivity index (χ3n) is 4.97. The predicted molar refractivity (Wildman–Crippen MR) is 87.8 cm³/mol. The fourth-order valence-electron chi connectivity index (χ4n) is 3.86. The van der Waals surface area contributed by atoms with E-state index in [1.54, 1.807) is 4.90 Å². The molecule has 25 heavy (non-hydrogen) atoms. The molecule has 2 saturated heterocycles. The first-order valence-electron chi connectivity index (χ1n) is 8.33. The summed E-state index contributed by atoms with van der Waals surface area (Å²) in [5.74, 6) is -0.476. The van der Waals surface area contributed by atoms with E-state index in [0.29, 0.717) is 12.0 Å². The zero-order chi connectivity index (χ0) is 17.6. The zero-order valence-corrected chi connectivity index (χ0v) is 13.8. The van der Waals surface area contributed by atoms with Crippen LogP contribution in [0.2, 0.25) is 0 Å². The number of carbonyl (C=O) groups excluding carboxylic acids is 1. The first-order valence-corrected chi connectivity index (χ1v) is 8.33. The van der Waals surface area contributed by atoms with Gasteiger partial charge in [0.15, 0.2) is 5.82 Å². The number of aryl methyl sites for hydroxylation is 1. The standard InChI is InChI=1S/C18H18F2N4O/c1-11-2-3-17(22-21-11)23-5-4-15-16(23)9-18(25)24(15)10-12-6-13(19)8-14(20)7-12/h2-3,6-8,15-16H,4-5,9-10H2,1H3/t15-,16-/m0/s1. The topological polar surface area (TPSA) is 49.3 Å². The lowest BCUT2D eigenvalue weighted by Crippen LogP contribution is -2.37. The summed E-state index contributed by atoms with van der Waals surface area (Å²) in [6, 6.07) is 7.28. The van der Waals surface area contributed by atoms with E-state index in [1.165, 1.54) is 12.1 Å². The van der Waals surface area contributed by atoms with Crippen LogP contribution in [0.15, 0.2) is 30.3 Å². The van der Waals surface area contributed by atoms with Crippen molar-refractivity contribution in [1.29, 1.82) is 0 Å². The summed E-state index contributed by atoms with van der Waals surface area (Å²) in [4.78, 5) is 16.3. The van der Waals surface area contributed by atoms with E-state index in [0.717, 1.165) is 30.5 Å². The van der Waals surface area contributed by atoms with Crippen LogP contribution in [0.5, 0.6) is 0 Å². The molecule has 1 aromatic heterocycles. The monoisotopic (exact) mass is 344 g/mol. The number of anilines is 1. The second-order valence-corrected chi connectivity index (χ2v) is 6.65. The van der Waals surface area contributed by atoms with Crippen molar-refractivity contribution in [3.8, 4) is 0 Å². The average Bonchev–Trinajstić information content (AvgIpc) is 3.08. The molecule has 1 amide bonds. The fraction of sp³-hybridized carbons (Fsp3) is 0.389. The van der Waals surface area contributed by atoms with E-state index >= 15 is 0 Å². The molecule has 0 aliphatic carbocycles. The minimum atomic E-state index is -0.624. The van der Waals surface area contributed by atoms with Crippen molar-refractivity contribution in [3.05, 3.63) is 53.2 Å². The normalized spacial score (nSPS) is 22.6. The fourth-order valence-corrected chi connectivity index (χ4v) is 3.86. The molecule has 3 heterocycles. The molecule has 0 radical (unpaired) electrons. The summed E-state index contributed by atoms with van der Waals surface area (Å²) in [6.45, 7) is 2.89. The van der Waals surface area contributed by atoms with Gasteiger partial charge in [0.1, 0.15) is 11.6 Å². The first kappa shape index (κ1) is 15.9.